The maximum Gasteiger partial charge on any atom is 0.0792 e. The van der Waals surface area contributed by atoms with Crippen LogP contribution in [0.15, 0.2) is 12.2 Å². The van der Waals surface area contributed by atoms with Crippen LogP contribution in [0.1, 0.15) is 13.8 Å². The van der Waals surface area contributed by atoms with Crippen molar-refractivity contribution in [3.05, 3.63) is 12.2 Å². The molecule has 2 heteroatoms. The minimum absolute atomic E-state index is 0.126. The van der Waals surface area contributed by atoms with Crippen LogP contribution in [0.4, 0.5) is 0 Å². The Morgan fingerprint density at radius 2 is 2.00 bits per heavy atom. The van der Waals surface area contributed by atoms with Crippen LogP contribution in [0, 0.1) is 5.92 Å². The molecule has 0 spiro atoms. The van der Waals surface area contributed by atoms with Crippen LogP contribution in [0.3, 0.4) is 0 Å². The van der Waals surface area contributed by atoms with E-state index in [2.05, 4.69) is 6.58 Å². The summed E-state index contributed by atoms with van der Waals surface area (Å²) in [5.74, 6) is 0.143. The second-order valence-corrected chi connectivity index (χ2v) is 2.51. The highest BCUT2D eigenvalue weighted by Crippen LogP contribution is 2.08. The molecule has 54 valence electrons. The average Bonchev–Trinajstić information content (AvgIpc) is 1.84. The van der Waals surface area contributed by atoms with Gasteiger partial charge in [0.25, 0.3) is 0 Å². The Balaban J connectivity index is 3.72. The summed E-state index contributed by atoms with van der Waals surface area (Å²) in [6.07, 6.45) is -0.560. The molecule has 0 fully saturated rings. The highest BCUT2D eigenvalue weighted by atomic mass is 16.3. The third-order valence-corrected chi connectivity index (χ3v) is 1.25. The minimum atomic E-state index is -0.560. The van der Waals surface area contributed by atoms with E-state index in [1.165, 1.54) is 0 Å². The molecule has 0 radical (unpaired) electrons. The largest absolute Gasteiger partial charge is 0.392 e. The van der Waals surface area contributed by atoms with E-state index < -0.39 is 6.10 Å². The van der Waals surface area contributed by atoms with Gasteiger partial charge in [0.2, 0.25) is 0 Å². The minimum Gasteiger partial charge on any atom is -0.392 e. The summed E-state index contributed by atoms with van der Waals surface area (Å²) in [5.41, 5.74) is 0.491. The Kier molecular flexibility index (Phi) is 3.50. The van der Waals surface area contributed by atoms with Crippen molar-refractivity contribution < 1.29 is 10.2 Å². The van der Waals surface area contributed by atoms with Crippen molar-refractivity contribution in [1.29, 1.82) is 0 Å². The maximum atomic E-state index is 9.14. The van der Waals surface area contributed by atoms with E-state index >= 15 is 0 Å². The zero-order valence-corrected chi connectivity index (χ0v) is 5.96. The van der Waals surface area contributed by atoms with Gasteiger partial charge in [0.15, 0.2) is 0 Å². The second kappa shape index (κ2) is 3.64. The first kappa shape index (κ1) is 8.66. The van der Waals surface area contributed by atoms with Gasteiger partial charge in [0.1, 0.15) is 0 Å². The van der Waals surface area contributed by atoms with E-state index in [4.69, 9.17) is 10.2 Å². The predicted octanol–water partition coefficient (Wildman–Crippen LogP) is 0.552. The average molecular weight is 130 g/mol. The summed E-state index contributed by atoms with van der Waals surface area (Å²) in [6, 6.07) is 0. The number of rotatable bonds is 3. The van der Waals surface area contributed by atoms with Crippen LogP contribution < -0.4 is 0 Å². The molecule has 0 aliphatic carbocycles. The Morgan fingerprint density at radius 3 is 2.11 bits per heavy atom. The lowest BCUT2D eigenvalue weighted by Gasteiger charge is -2.14. The van der Waals surface area contributed by atoms with E-state index in [1.807, 2.05) is 13.8 Å². The molecule has 0 aromatic carbocycles. The van der Waals surface area contributed by atoms with Gasteiger partial charge in [0.05, 0.1) is 12.7 Å². The lowest BCUT2D eigenvalue weighted by molar-refractivity contribution is 0.144. The van der Waals surface area contributed by atoms with Gasteiger partial charge in [-0.1, -0.05) is 20.4 Å². The van der Waals surface area contributed by atoms with Crippen LogP contribution >= 0.6 is 0 Å². The second-order valence-electron chi connectivity index (χ2n) is 2.51. The first-order valence-electron chi connectivity index (χ1n) is 3.06. The lowest BCUT2D eigenvalue weighted by atomic mass is 10.0. The standard InChI is InChI=1S/C7H14O2/c1-5(2)7(9)6(3)4-8/h5,7-9H,3-4H2,1-2H3/t7-/m1/s1. The third kappa shape index (κ3) is 2.63. The van der Waals surface area contributed by atoms with Gasteiger partial charge in [-0.15, -0.1) is 0 Å². The van der Waals surface area contributed by atoms with Crippen LogP contribution in [-0.2, 0) is 0 Å². The zero-order chi connectivity index (χ0) is 7.44. The molecule has 0 aromatic heterocycles. The molecule has 0 saturated heterocycles. The Bertz CT molecular complexity index is 97.1. The summed E-state index contributed by atoms with van der Waals surface area (Å²) in [7, 11) is 0. The molecule has 2 nitrogen and oxygen atoms in total. The van der Waals surface area contributed by atoms with Crippen molar-refractivity contribution in [1.82, 2.24) is 0 Å². The molecule has 0 aromatic rings. The highest BCUT2D eigenvalue weighted by molar-refractivity contribution is 5.02. The smallest absolute Gasteiger partial charge is 0.0792 e. The SMILES string of the molecule is C=C(CO)[C@H](O)C(C)C. The van der Waals surface area contributed by atoms with Gasteiger partial charge in [-0.25, -0.2) is 0 Å². The van der Waals surface area contributed by atoms with E-state index in [0.717, 1.165) is 0 Å². The monoisotopic (exact) mass is 130 g/mol. The maximum absolute atomic E-state index is 9.14. The van der Waals surface area contributed by atoms with E-state index in [9.17, 15) is 0 Å². The fraction of sp³-hybridized carbons (Fsp3) is 0.714. The van der Waals surface area contributed by atoms with Gasteiger partial charge in [-0.2, -0.15) is 0 Å². The van der Waals surface area contributed by atoms with Crippen molar-refractivity contribution >= 4 is 0 Å². The molecule has 9 heavy (non-hydrogen) atoms. The number of hydrogen-bond donors (Lipinski definition) is 2. The summed E-state index contributed by atoms with van der Waals surface area (Å²) in [4.78, 5) is 0. The van der Waals surface area contributed by atoms with Gasteiger partial charge in [-0.05, 0) is 11.5 Å². The summed E-state index contributed by atoms with van der Waals surface area (Å²) >= 11 is 0. The fourth-order valence-electron chi connectivity index (χ4n) is 0.565. The number of aliphatic hydroxyl groups is 2. The molecule has 1 atom stereocenters. The van der Waals surface area contributed by atoms with E-state index in [1.54, 1.807) is 0 Å². The zero-order valence-electron chi connectivity index (χ0n) is 5.96. The Hall–Kier alpha value is -0.340. The van der Waals surface area contributed by atoms with Crippen molar-refractivity contribution in [3.8, 4) is 0 Å². The molecule has 0 bridgehead atoms. The Morgan fingerprint density at radius 1 is 1.56 bits per heavy atom. The van der Waals surface area contributed by atoms with Gasteiger partial charge in [0, 0.05) is 0 Å². The predicted molar refractivity (Wildman–Crippen MR) is 37.1 cm³/mol. The quantitative estimate of drug-likeness (QED) is 0.548. The van der Waals surface area contributed by atoms with Crippen LogP contribution in [0.25, 0.3) is 0 Å². The molecular weight excluding hydrogens is 116 g/mol. The fourth-order valence-corrected chi connectivity index (χ4v) is 0.565. The summed E-state index contributed by atoms with van der Waals surface area (Å²) in [6.45, 7) is 7.13. The van der Waals surface area contributed by atoms with Crippen molar-refractivity contribution in [3.63, 3.8) is 0 Å². The molecule has 0 amide bonds. The van der Waals surface area contributed by atoms with E-state index in [0.29, 0.717) is 5.57 Å². The summed E-state index contributed by atoms with van der Waals surface area (Å²) in [5, 5.41) is 17.6. The molecule has 0 heterocycles. The number of hydrogen-bond acceptors (Lipinski definition) is 2. The highest BCUT2D eigenvalue weighted by Gasteiger charge is 2.10. The third-order valence-electron chi connectivity index (χ3n) is 1.25. The van der Waals surface area contributed by atoms with Gasteiger partial charge in [-0.3, -0.25) is 0 Å². The first-order chi connectivity index (χ1) is 4.09. The molecule has 0 saturated carbocycles. The van der Waals surface area contributed by atoms with Crippen LogP contribution in [0.5, 0.6) is 0 Å². The normalized spacial score (nSPS) is 13.9. The van der Waals surface area contributed by atoms with Gasteiger partial charge < -0.3 is 10.2 Å². The van der Waals surface area contributed by atoms with E-state index in [-0.39, 0.29) is 12.5 Å². The molecule has 0 unspecified atom stereocenters. The Labute approximate surface area is 55.8 Å². The number of aliphatic hydroxyl groups excluding tert-OH is 2. The lowest BCUT2D eigenvalue weighted by Crippen LogP contribution is -2.18. The van der Waals surface area contributed by atoms with Gasteiger partial charge >= 0.3 is 0 Å². The molecule has 0 rings (SSSR count). The first-order valence-corrected chi connectivity index (χ1v) is 3.06. The topological polar surface area (TPSA) is 40.5 Å². The van der Waals surface area contributed by atoms with Crippen LogP contribution in [0.2, 0.25) is 0 Å². The van der Waals surface area contributed by atoms with Crippen molar-refractivity contribution in [2.45, 2.75) is 20.0 Å². The molecule has 2 N–H and O–H groups in total. The van der Waals surface area contributed by atoms with Crippen LogP contribution in [-0.4, -0.2) is 22.9 Å². The van der Waals surface area contributed by atoms with Crippen molar-refractivity contribution in [2.24, 2.45) is 5.92 Å². The summed E-state index contributed by atoms with van der Waals surface area (Å²) < 4.78 is 0. The van der Waals surface area contributed by atoms with Crippen molar-refractivity contribution in [2.75, 3.05) is 6.61 Å². The molecule has 0 aliphatic rings. The molecule has 0 aliphatic heterocycles. The molecular formula is C7H14O2.